The van der Waals surface area contributed by atoms with Gasteiger partial charge >= 0.3 is 0 Å². The zero-order valence-corrected chi connectivity index (χ0v) is 14.4. The summed E-state index contributed by atoms with van der Waals surface area (Å²) in [7, 11) is 1.41. The Kier molecular flexibility index (Phi) is 5.98. The molecule has 0 aliphatic rings. The molecule has 1 amide bonds. The maximum absolute atomic E-state index is 13.7. The second-order valence-electron chi connectivity index (χ2n) is 4.93. The lowest BCUT2D eigenvalue weighted by Crippen LogP contribution is -2.31. The normalized spacial score (nSPS) is 11.7. The maximum Gasteiger partial charge on any atom is 0.258 e. The van der Waals surface area contributed by atoms with Crippen molar-refractivity contribution in [2.24, 2.45) is 0 Å². The number of nitrogens with one attached hydrogen (secondary N) is 1. The first-order chi connectivity index (χ1) is 11.0. The van der Waals surface area contributed by atoms with Crippen LogP contribution in [-0.2, 0) is 4.79 Å². The Hall–Kier alpha value is -2.08. The molecule has 1 atom stereocenters. The van der Waals surface area contributed by atoms with E-state index >= 15 is 0 Å². The van der Waals surface area contributed by atoms with Crippen LogP contribution in [0.2, 0.25) is 0 Å². The summed E-state index contributed by atoms with van der Waals surface area (Å²) in [5, 5.41) is 2.76. The number of carbonyl (C=O) groups excluding carboxylic acids is 1. The number of amides is 1. The van der Waals surface area contributed by atoms with Crippen LogP contribution >= 0.6 is 15.9 Å². The van der Waals surface area contributed by atoms with Crippen molar-refractivity contribution in [2.75, 3.05) is 13.7 Å². The molecule has 122 valence electrons. The summed E-state index contributed by atoms with van der Waals surface area (Å²) in [6.45, 7) is 1.67. The highest BCUT2D eigenvalue weighted by molar-refractivity contribution is 9.10. The van der Waals surface area contributed by atoms with Gasteiger partial charge in [-0.15, -0.1) is 0 Å². The Balaban J connectivity index is 1.89. The molecule has 0 heterocycles. The van der Waals surface area contributed by atoms with Gasteiger partial charge in [0.15, 0.2) is 18.2 Å². The number of hydrogen-bond donors (Lipinski definition) is 1. The fourth-order valence-corrected chi connectivity index (χ4v) is 2.26. The van der Waals surface area contributed by atoms with Crippen molar-refractivity contribution in [2.45, 2.75) is 13.0 Å². The van der Waals surface area contributed by atoms with Crippen molar-refractivity contribution >= 4 is 21.8 Å². The fraction of sp³-hybridized carbons (Fsp3) is 0.235. The molecule has 4 nitrogen and oxygen atoms in total. The van der Waals surface area contributed by atoms with Gasteiger partial charge in [0.05, 0.1) is 13.2 Å². The van der Waals surface area contributed by atoms with Gasteiger partial charge in [-0.1, -0.05) is 22.0 Å². The van der Waals surface area contributed by atoms with Gasteiger partial charge in [0.2, 0.25) is 0 Å². The van der Waals surface area contributed by atoms with Gasteiger partial charge in [-0.05, 0) is 48.9 Å². The molecule has 0 bridgehead atoms. The van der Waals surface area contributed by atoms with Gasteiger partial charge in [-0.3, -0.25) is 4.79 Å². The van der Waals surface area contributed by atoms with E-state index in [4.69, 9.17) is 9.47 Å². The Morgan fingerprint density at radius 2 is 1.96 bits per heavy atom. The highest BCUT2D eigenvalue weighted by Crippen LogP contribution is 2.21. The molecule has 0 unspecified atom stereocenters. The minimum Gasteiger partial charge on any atom is -0.494 e. The standard InChI is InChI=1S/C17H17BrFNO3/c1-11(12-3-8-16(22-2)15(19)9-12)20-17(21)10-23-14-6-4-13(18)5-7-14/h3-9,11H,10H2,1-2H3,(H,20,21)/t11-/m0/s1. The van der Waals surface area contributed by atoms with Crippen molar-refractivity contribution in [3.63, 3.8) is 0 Å². The topological polar surface area (TPSA) is 47.6 Å². The molecular weight excluding hydrogens is 365 g/mol. The summed E-state index contributed by atoms with van der Waals surface area (Å²) in [4.78, 5) is 11.9. The van der Waals surface area contributed by atoms with E-state index < -0.39 is 5.82 Å². The van der Waals surface area contributed by atoms with Gasteiger partial charge < -0.3 is 14.8 Å². The maximum atomic E-state index is 13.7. The zero-order chi connectivity index (χ0) is 16.8. The molecule has 0 saturated carbocycles. The van der Waals surface area contributed by atoms with Crippen LogP contribution in [0.4, 0.5) is 4.39 Å². The summed E-state index contributed by atoms with van der Waals surface area (Å²) in [5.41, 5.74) is 0.653. The minimum atomic E-state index is -0.461. The van der Waals surface area contributed by atoms with E-state index in [1.165, 1.54) is 19.2 Å². The van der Waals surface area contributed by atoms with Crippen molar-refractivity contribution < 1.29 is 18.7 Å². The summed E-state index contributed by atoms with van der Waals surface area (Å²) >= 11 is 3.33. The SMILES string of the molecule is COc1ccc([C@H](C)NC(=O)COc2ccc(Br)cc2)cc1F. The molecule has 0 aliphatic carbocycles. The third kappa shape index (κ3) is 4.96. The van der Waals surface area contributed by atoms with Gasteiger partial charge in [-0.25, -0.2) is 4.39 Å². The molecule has 6 heteroatoms. The number of hydrogen-bond acceptors (Lipinski definition) is 3. The molecule has 23 heavy (non-hydrogen) atoms. The predicted octanol–water partition coefficient (Wildman–Crippen LogP) is 3.85. The molecule has 0 saturated heterocycles. The smallest absolute Gasteiger partial charge is 0.258 e. The Labute approximate surface area is 142 Å². The van der Waals surface area contributed by atoms with Crippen LogP contribution in [0.1, 0.15) is 18.5 Å². The first-order valence-corrected chi connectivity index (χ1v) is 7.80. The quantitative estimate of drug-likeness (QED) is 0.826. The minimum absolute atomic E-state index is 0.107. The van der Waals surface area contributed by atoms with E-state index in [1.54, 1.807) is 25.1 Å². The lowest BCUT2D eigenvalue weighted by Gasteiger charge is -2.15. The number of halogens is 2. The van der Waals surface area contributed by atoms with E-state index in [0.717, 1.165) is 4.47 Å². The Morgan fingerprint density at radius 3 is 2.57 bits per heavy atom. The van der Waals surface area contributed by atoms with Crippen molar-refractivity contribution in [1.29, 1.82) is 0 Å². The van der Waals surface area contributed by atoms with Crippen LogP contribution in [0.5, 0.6) is 11.5 Å². The van der Waals surface area contributed by atoms with Crippen LogP contribution in [0, 0.1) is 5.82 Å². The molecule has 2 aromatic rings. The zero-order valence-electron chi connectivity index (χ0n) is 12.8. The monoisotopic (exact) mass is 381 g/mol. The molecule has 0 fully saturated rings. The molecule has 0 aromatic heterocycles. The van der Waals surface area contributed by atoms with Crippen LogP contribution < -0.4 is 14.8 Å². The van der Waals surface area contributed by atoms with Crippen LogP contribution in [-0.4, -0.2) is 19.6 Å². The van der Waals surface area contributed by atoms with Crippen molar-refractivity contribution in [3.8, 4) is 11.5 Å². The van der Waals surface area contributed by atoms with E-state index in [2.05, 4.69) is 21.2 Å². The molecule has 0 spiro atoms. The molecular formula is C17H17BrFNO3. The molecule has 2 aromatic carbocycles. The summed E-state index contributed by atoms with van der Waals surface area (Å²) in [6, 6.07) is 11.4. The number of benzene rings is 2. The number of methoxy groups -OCH3 is 1. The average Bonchev–Trinajstić information content (AvgIpc) is 2.54. The van der Waals surface area contributed by atoms with Gasteiger partial charge in [0, 0.05) is 4.47 Å². The number of rotatable bonds is 6. The van der Waals surface area contributed by atoms with Crippen LogP contribution in [0.25, 0.3) is 0 Å². The summed E-state index contributed by atoms with van der Waals surface area (Å²) in [5.74, 6) is 0.0335. The van der Waals surface area contributed by atoms with Crippen molar-refractivity contribution in [3.05, 3.63) is 58.3 Å². The van der Waals surface area contributed by atoms with Gasteiger partial charge in [0.25, 0.3) is 5.91 Å². The third-order valence-corrected chi connectivity index (χ3v) is 3.77. The summed E-state index contributed by atoms with van der Waals surface area (Å²) in [6.07, 6.45) is 0. The fourth-order valence-electron chi connectivity index (χ4n) is 2.00. The molecule has 2 rings (SSSR count). The largest absolute Gasteiger partial charge is 0.494 e. The van der Waals surface area contributed by atoms with E-state index in [-0.39, 0.29) is 24.3 Å². The first-order valence-electron chi connectivity index (χ1n) is 7.00. The van der Waals surface area contributed by atoms with E-state index in [9.17, 15) is 9.18 Å². The third-order valence-electron chi connectivity index (χ3n) is 3.24. The van der Waals surface area contributed by atoms with Gasteiger partial charge in [0.1, 0.15) is 5.75 Å². The van der Waals surface area contributed by atoms with Crippen LogP contribution in [0.15, 0.2) is 46.9 Å². The second kappa shape index (κ2) is 7.97. The lowest BCUT2D eigenvalue weighted by atomic mass is 10.1. The van der Waals surface area contributed by atoms with E-state index in [1.807, 2.05) is 12.1 Å². The molecule has 0 aliphatic heterocycles. The predicted molar refractivity (Wildman–Crippen MR) is 89.1 cm³/mol. The average molecular weight is 382 g/mol. The van der Waals surface area contributed by atoms with E-state index in [0.29, 0.717) is 11.3 Å². The second-order valence-corrected chi connectivity index (χ2v) is 5.84. The number of carbonyl (C=O) groups is 1. The Morgan fingerprint density at radius 1 is 1.26 bits per heavy atom. The molecule has 1 N–H and O–H groups in total. The van der Waals surface area contributed by atoms with Gasteiger partial charge in [-0.2, -0.15) is 0 Å². The Bertz CT molecular complexity index is 676. The van der Waals surface area contributed by atoms with Crippen LogP contribution in [0.3, 0.4) is 0 Å². The van der Waals surface area contributed by atoms with Crippen molar-refractivity contribution in [1.82, 2.24) is 5.32 Å². The highest BCUT2D eigenvalue weighted by atomic mass is 79.9. The summed E-state index contributed by atoms with van der Waals surface area (Å²) < 4.78 is 24.9. The lowest BCUT2D eigenvalue weighted by molar-refractivity contribution is -0.123. The highest BCUT2D eigenvalue weighted by Gasteiger charge is 2.12. The molecule has 0 radical (unpaired) electrons. The number of ether oxygens (including phenoxy) is 2. The first kappa shape index (κ1) is 17.3.